The SMILES string of the molecule is COC(=O)NCCCOCc1cc(Cl)cc(Nc2cc(C)[nH]n2)n1. The van der Waals surface area contributed by atoms with E-state index in [1.807, 2.05) is 13.0 Å². The van der Waals surface area contributed by atoms with E-state index in [0.29, 0.717) is 48.5 Å². The number of aryl methyl sites for hydroxylation is 1. The lowest BCUT2D eigenvalue weighted by molar-refractivity contribution is 0.115. The molecule has 0 atom stereocenters. The molecule has 130 valence electrons. The molecule has 0 bridgehead atoms. The minimum absolute atomic E-state index is 0.326. The van der Waals surface area contributed by atoms with Crippen molar-refractivity contribution < 1.29 is 14.3 Å². The second-order valence-corrected chi connectivity index (χ2v) is 5.48. The molecule has 2 rings (SSSR count). The van der Waals surface area contributed by atoms with E-state index >= 15 is 0 Å². The topological polar surface area (TPSA) is 101 Å². The smallest absolute Gasteiger partial charge is 0.406 e. The van der Waals surface area contributed by atoms with Crippen LogP contribution in [-0.2, 0) is 16.1 Å². The maximum atomic E-state index is 10.9. The Kier molecular flexibility index (Phi) is 6.83. The van der Waals surface area contributed by atoms with Gasteiger partial charge < -0.3 is 20.1 Å². The van der Waals surface area contributed by atoms with Crippen LogP contribution >= 0.6 is 11.6 Å². The molecule has 24 heavy (non-hydrogen) atoms. The molecule has 0 aliphatic carbocycles. The van der Waals surface area contributed by atoms with Crippen LogP contribution in [0.5, 0.6) is 0 Å². The van der Waals surface area contributed by atoms with Crippen molar-refractivity contribution in [3.05, 3.63) is 34.6 Å². The molecule has 2 heterocycles. The molecular formula is C15H20ClN5O3. The number of pyridine rings is 1. The number of hydrogen-bond acceptors (Lipinski definition) is 6. The van der Waals surface area contributed by atoms with Gasteiger partial charge in [-0.15, -0.1) is 0 Å². The van der Waals surface area contributed by atoms with Gasteiger partial charge in [0.15, 0.2) is 5.82 Å². The normalized spacial score (nSPS) is 10.5. The van der Waals surface area contributed by atoms with Crippen molar-refractivity contribution in [1.29, 1.82) is 0 Å². The molecule has 0 unspecified atom stereocenters. The summed E-state index contributed by atoms with van der Waals surface area (Å²) in [5, 5.41) is 13.2. The molecule has 1 amide bonds. The molecule has 0 aromatic carbocycles. The second-order valence-electron chi connectivity index (χ2n) is 5.05. The Morgan fingerprint density at radius 3 is 2.88 bits per heavy atom. The third-order valence-electron chi connectivity index (χ3n) is 2.98. The zero-order valence-electron chi connectivity index (χ0n) is 13.6. The molecule has 0 aliphatic heterocycles. The number of amides is 1. The van der Waals surface area contributed by atoms with Crippen molar-refractivity contribution in [1.82, 2.24) is 20.5 Å². The largest absolute Gasteiger partial charge is 0.453 e. The van der Waals surface area contributed by atoms with E-state index in [1.54, 1.807) is 12.1 Å². The van der Waals surface area contributed by atoms with Gasteiger partial charge in [-0.1, -0.05) is 11.6 Å². The molecule has 2 aromatic heterocycles. The summed E-state index contributed by atoms with van der Waals surface area (Å²) in [7, 11) is 1.33. The van der Waals surface area contributed by atoms with Gasteiger partial charge in [0.05, 0.1) is 19.4 Å². The van der Waals surface area contributed by atoms with Crippen LogP contribution in [0.3, 0.4) is 0 Å². The fourth-order valence-corrected chi connectivity index (χ4v) is 2.14. The van der Waals surface area contributed by atoms with Crippen molar-refractivity contribution in [3.63, 3.8) is 0 Å². The van der Waals surface area contributed by atoms with E-state index in [0.717, 1.165) is 5.69 Å². The molecule has 8 nitrogen and oxygen atoms in total. The minimum Gasteiger partial charge on any atom is -0.453 e. The molecule has 0 radical (unpaired) electrons. The summed E-state index contributed by atoms with van der Waals surface area (Å²) in [6.07, 6.45) is 0.226. The Morgan fingerprint density at radius 1 is 1.33 bits per heavy atom. The van der Waals surface area contributed by atoms with E-state index in [4.69, 9.17) is 16.3 Å². The van der Waals surface area contributed by atoms with E-state index in [2.05, 4.69) is 30.6 Å². The average molecular weight is 354 g/mol. The number of anilines is 2. The van der Waals surface area contributed by atoms with Gasteiger partial charge in [-0.05, 0) is 25.5 Å². The molecule has 2 aromatic rings. The first-order valence-corrected chi connectivity index (χ1v) is 7.79. The lowest BCUT2D eigenvalue weighted by Gasteiger charge is -2.08. The van der Waals surface area contributed by atoms with Crippen LogP contribution in [-0.4, -0.2) is 41.5 Å². The number of aromatic nitrogens is 3. The third kappa shape index (κ3) is 6.05. The van der Waals surface area contributed by atoms with Crippen LogP contribution in [0.4, 0.5) is 16.4 Å². The van der Waals surface area contributed by atoms with Gasteiger partial charge in [0.1, 0.15) is 5.82 Å². The van der Waals surface area contributed by atoms with Crippen molar-refractivity contribution >= 4 is 29.3 Å². The van der Waals surface area contributed by atoms with E-state index in [1.165, 1.54) is 7.11 Å². The Balaban J connectivity index is 1.79. The van der Waals surface area contributed by atoms with E-state index in [-0.39, 0.29) is 0 Å². The van der Waals surface area contributed by atoms with Crippen LogP contribution in [0, 0.1) is 6.92 Å². The number of halogens is 1. The average Bonchev–Trinajstić information content (AvgIpc) is 2.94. The van der Waals surface area contributed by atoms with Gasteiger partial charge in [-0.25, -0.2) is 9.78 Å². The number of nitrogens with one attached hydrogen (secondary N) is 3. The molecule has 9 heteroatoms. The Bertz CT molecular complexity index is 677. The molecule has 0 aliphatic rings. The first-order chi connectivity index (χ1) is 11.6. The van der Waals surface area contributed by atoms with E-state index < -0.39 is 6.09 Å². The van der Waals surface area contributed by atoms with Crippen LogP contribution < -0.4 is 10.6 Å². The molecular weight excluding hydrogens is 334 g/mol. The van der Waals surface area contributed by atoms with E-state index in [9.17, 15) is 4.79 Å². The predicted molar refractivity (Wildman–Crippen MR) is 90.5 cm³/mol. The summed E-state index contributed by atoms with van der Waals surface area (Å²) in [5.41, 5.74) is 1.65. The van der Waals surface area contributed by atoms with Crippen molar-refractivity contribution in [2.24, 2.45) is 0 Å². The van der Waals surface area contributed by atoms with Crippen LogP contribution in [0.15, 0.2) is 18.2 Å². The molecule has 0 saturated heterocycles. The molecule has 0 saturated carbocycles. The number of hydrogen-bond donors (Lipinski definition) is 3. The van der Waals surface area contributed by atoms with Gasteiger partial charge in [-0.2, -0.15) is 5.10 Å². The van der Waals surface area contributed by atoms with Gasteiger partial charge in [0, 0.05) is 29.9 Å². The summed E-state index contributed by atoms with van der Waals surface area (Å²) in [5.74, 6) is 1.27. The molecule has 0 fully saturated rings. The van der Waals surface area contributed by atoms with Crippen molar-refractivity contribution in [2.75, 3.05) is 25.6 Å². The number of methoxy groups -OCH3 is 1. The zero-order valence-corrected chi connectivity index (χ0v) is 14.3. The lowest BCUT2D eigenvalue weighted by Crippen LogP contribution is -2.24. The van der Waals surface area contributed by atoms with Crippen molar-refractivity contribution in [2.45, 2.75) is 20.0 Å². The summed E-state index contributed by atoms with van der Waals surface area (Å²) >= 11 is 6.11. The van der Waals surface area contributed by atoms with Crippen LogP contribution in [0.2, 0.25) is 5.02 Å². The monoisotopic (exact) mass is 353 g/mol. The molecule has 3 N–H and O–H groups in total. The standard InChI is InChI=1S/C15H20ClN5O3/c1-10-6-14(21-20-10)19-13-8-11(16)7-12(18-13)9-24-5-3-4-17-15(22)23-2/h6-8H,3-5,9H2,1-2H3,(H,17,22)(H2,18,19,20,21). The minimum atomic E-state index is -0.448. The van der Waals surface area contributed by atoms with Gasteiger partial charge in [0.25, 0.3) is 0 Å². The number of rotatable bonds is 8. The predicted octanol–water partition coefficient (Wildman–Crippen LogP) is 2.77. The fourth-order valence-electron chi connectivity index (χ4n) is 1.92. The van der Waals surface area contributed by atoms with Gasteiger partial charge >= 0.3 is 6.09 Å². The Morgan fingerprint density at radius 2 is 2.17 bits per heavy atom. The maximum absolute atomic E-state index is 10.9. The second kappa shape index (κ2) is 9.09. The highest BCUT2D eigenvalue weighted by Gasteiger charge is 2.05. The zero-order chi connectivity index (χ0) is 17.4. The summed E-state index contributed by atoms with van der Waals surface area (Å²) in [6.45, 7) is 3.21. The summed E-state index contributed by atoms with van der Waals surface area (Å²) < 4.78 is 10.0. The number of alkyl carbamates (subject to hydrolysis) is 1. The van der Waals surface area contributed by atoms with Crippen LogP contribution in [0.1, 0.15) is 17.8 Å². The van der Waals surface area contributed by atoms with Gasteiger partial charge in [-0.3, -0.25) is 5.10 Å². The molecule has 0 spiro atoms. The van der Waals surface area contributed by atoms with Crippen LogP contribution in [0.25, 0.3) is 0 Å². The third-order valence-corrected chi connectivity index (χ3v) is 3.19. The number of ether oxygens (including phenoxy) is 2. The Labute approximate surface area is 144 Å². The lowest BCUT2D eigenvalue weighted by atomic mass is 10.3. The number of carbonyl (C=O) groups excluding carboxylic acids is 1. The van der Waals surface area contributed by atoms with Crippen molar-refractivity contribution in [3.8, 4) is 0 Å². The Hall–Kier alpha value is -2.32. The van der Waals surface area contributed by atoms with Gasteiger partial charge in [0.2, 0.25) is 0 Å². The maximum Gasteiger partial charge on any atom is 0.406 e. The summed E-state index contributed by atoms with van der Waals surface area (Å²) in [6, 6.07) is 5.33. The fraction of sp³-hybridized carbons (Fsp3) is 0.400. The number of aromatic amines is 1. The highest BCUT2D eigenvalue weighted by molar-refractivity contribution is 6.30. The summed E-state index contributed by atoms with van der Waals surface area (Å²) in [4.78, 5) is 15.3. The quantitative estimate of drug-likeness (QED) is 0.631. The number of nitrogens with zero attached hydrogens (tertiary/aromatic N) is 2. The highest BCUT2D eigenvalue weighted by Crippen LogP contribution is 2.19. The number of H-pyrrole nitrogens is 1. The number of carbonyl (C=O) groups is 1. The first kappa shape index (κ1) is 18.0. The highest BCUT2D eigenvalue weighted by atomic mass is 35.5. The first-order valence-electron chi connectivity index (χ1n) is 7.42.